The molecule has 10 nitrogen and oxygen atoms in total. The summed E-state index contributed by atoms with van der Waals surface area (Å²) >= 11 is 0. The van der Waals surface area contributed by atoms with Crippen LogP contribution in [0.25, 0.3) is 0 Å². The fourth-order valence-corrected chi connectivity index (χ4v) is 13.6. The Balaban J connectivity index is 0.647. The number of hydrogen-bond acceptors (Lipinski definition) is 8. The minimum atomic E-state index is -0.646. The molecule has 12 aliphatic rings. The van der Waals surface area contributed by atoms with Crippen LogP contribution in [0.15, 0.2) is 0 Å². The first-order valence-corrected chi connectivity index (χ1v) is 20.7. The molecule has 2 heterocycles. The summed E-state index contributed by atoms with van der Waals surface area (Å²) in [5.41, 5.74) is -0.535. The Hall–Kier alpha value is -1.30. The van der Waals surface area contributed by atoms with E-state index in [0.717, 1.165) is 75.0 Å². The van der Waals surface area contributed by atoms with E-state index in [2.05, 4.69) is 10.6 Å². The fraction of sp³-hybridized carbons (Fsp3) is 0.950. The first-order valence-electron chi connectivity index (χ1n) is 20.7. The van der Waals surface area contributed by atoms with E-state index in [0.29, 0.717) is 54.9 Å². The number of nitrogens with one attached hydrogen (secondary N) is 2. The van der Waals surface area contributed by atoms with Gasteiger partial charge in [0, 0.05) is 68.7 Å². The second kappa shape index (κ2) is 11.8. The second-order valence-electron chi connectivity index (χ2n) is 19.9. The lowest BCUT2D eigenvalue weighted by molar-refractivity contribution is -0.390. The standard InChI is InChI=1S/C40H60N2O8/c1-36(2,42-35(44)22-25-5-9-38(10-6-25)46-40(50-48-38)32-17-28-12-29(19-32)20-33(40)18-28)23-41-34(43)21-24-3-7-37(8-4-24)45-39(49-47-37)30-13-26-11-27(15-30)16-31(39)14-26/h24-33H,3-23H2,1-2H3,(H,41,43)(H,42,44)/t24-,25?,26-,27+,28-,29+,30-,31+,32-,33+,37+,38-,39-,40-. The maximum atomic E-state index is 13.2. The van der Waals surface area contributed by atoms with Crippen molar-refractivity contribution in [1.82, 2.24) is 10.6 Å². The highest BCUT2D eigenvalue weighted by Crippen LogP contribution is 2.65. The highest BCUT2D eigenvalue weighted by atomic mass is 17.3. The van der Waals surface area contributed by atoms with Gasteiger partial charge in [-0.15, -0.1) is 0 Å². The van der Waals surface area contributed by atoms with Crippen molar-refractivity contribution < 1.29 is 38.6 Å². The zero-order chi connectivity index (χ0) is 33.9. The molecular weight excluding hydrogens is 636 g/mol. The predicted octanol–water partition coefficient (Wildman–Crippen LogP) is 6.81. The molecule has 0 aromatic rings. The number of rotatable bonds is 7. The van der Waals surface area contributed by atoms with E-state index in [1.165, 1.54) is 64.2 Å². The topological polar surface area (TPSA) is 114 Å². The number of ether oxygens (including phenoxy) is 2. The van der Waals surface area contributed by atoms with E-state index >= 15 is 0 Å². The third-order valence-corrected chi connectivity index (χ3v) is 15.8. The largest absolute Gasteiger partial charge is 0.354 e. The molecule has 10 aliphatic carbocycles. The molecule has 12 rings (SSSR count). The molecule has 278 valence electrons. The molecule has 50 heavy (non-hydrogen) atoms. The van der Waals surface area contributed by atoms with Crippen LogP contribution in [0.3, 0.4) is 0 Å². The van der Waals surface area contributed by atoms with Gasteiger partial charge >= 0.3 is 0 Å². The summed E-state index contributed by atoms with van der Waals surface area (Å²) < 4.78 is 13.7. The normalized spacial score (nSPS) is 51.4. The maximum Gasteiger partial charge on any atom is 0.220 e. The Morgan fingerprint density at radius 1 is 0.560 bits per heavy atom. The Bertz CT molecular complexity index is 1290. The molecule has 10 saturated carbocycles. The van der Waals surface area contributed by atoms with Crippen LogP contribution in [0.1, 0.15) is 142 Å². The van der Waals surface area contributed by atoms with Crippen molar-refractivity contribution in [3.8, 4) is 0 Å². The van der Waals surface area contributed by atoms with Crippen LogP contribution in [0, 0.1) is 59.2 Å². The highest BCUT2D eigenvalue weighted by molar-refractivity contribution is 5.78. The average Bonchev–Trinajstić information content (AvgIpc) is 3.64. The van der Waals surface area contributed by atoms with Crippen LogP contribution in [-0.4, -0.2) is 47.0 Å². The molecule has 4 spiro atoms. The van der Waals surface area contributed by atoms with Crippen molar-refractivity contribution in [1.29, 1.82) is 0 Å². The molecule has 0 radical (unpaired) electrons. The predicted molar refractivity (Wildman–Crippen MR) is 180 cm³/mol. The first-order chi connectivity index (χ1) is 24.0. The molecule has 8 bridgehead atoms. The SMILES string of the molecule is CC(C)(CNC(=O)C[C@H]1CC[C@]2(CC1)OO[C@]1(O2)[C@H]2C[C@@H]3C[C@H](C2)C[C@H]1C3)NC(=O)CC1CC[C@]2(CC1)OO[C@]1(O2)[C@H]2C[C@@H]3C[C@H](C2)C[C@H]1C3. The van der Waals surface area contributed by atoms with Gasteiger partial charge in [-0.25, -0.2) is 0 Å². The minimum absolute atomic E-state index is 0.0421. The van der Waals surface area contributed by atoms with Crippen molar-refractivity contribution in [3.63, 3.8) is 0 Å². The molecule has 2 N–H and O–H groups in total. The minimum Gasteiger partial charge on any atom is -0.354 e. The maximum absolute atomic E-state index is 13.2. The Morgan fingerprint density at radius 3 is 1.34 bits per heavy atom. The zero-order valence-corrected chi connectivity index (χ0v) is 30.4. The van der Waals surface area contributed by atoms with Gasteiger partial charge in [-0.05, 0) is 139 Å². The number of carbonyl (C=O) groups excluding carboxylic acids is 2. The summed E-state index contributed by atoms with van der Waals surface area (Å²) in [7, 11) is 0. The van der Waals surface area contributed by atoms with E-state index in [1.807, 2.05) is 13.8 Å². The Morgan fingerprint density at radius 2 is 0.940 bits per heavy atom. The lowest BCUT2D eigenvalue weighted by Gasteiger charge is -2.57. The molecule has 2 aliphatic heterocycles. The van der Waals surface area contributed by atoms with Gasteiger partial charge < -0.3 is 20.1 Å². The van der Waals surface area contributed by atoms with Crippen LogP contribution >= 0.6 is 0 Å². The number of amides is 2. The Kier molecular flexibility index (Phi) is 7.89. The summed E-state index contributed by atoms with van der Waals surface area (Å²) in [6, 6.07) is 0. The van der Waals surface area contributed by atoms with E-state index in [-0.39, 0.29) is 11.8 Å². The van der Waals surface area contributed by atoms with Gasteiger partial charge in [0.05, 0.1) is 5.54 Å². The lowest BCUT2D eigenvalue weighted by atomic mass is 9.53. The molecule has 10 heteroatoms. The molecule has 2 saturated heterocycles. The van der Waals surface area contributed by atoms with Crippen molar-refractivity contribution in [2.45, 2.75) is 171 Å². The van der Waals surface area contributed by atoms with Gasteiger partial charge in [-0.1, -0.05) is 0 Å². The van der Waals surface area contributed by atoms with Crippen LogP contribution in [-0.2, 0) is 38.6 Å². The van der Waals surface area contributed by atoms with Crippen LogP contribution < -0.4 is 10.6 Å². The zero-order valence-electron chi connectivity index (χ0n) is 30.4. The van der Waals surface area contributed by atoms with Gasteiger partial charge in [0.15, 0.2) is 0 Å². The fourth-order valence-electron chi connectivity index (χ4n) is 13.6. The number of carbonyl (C=O) groups is 2. The molecule has 0 aromatic carbocycles. The molecule has 0 unspecified atom stereocenters. The third-order valence-electron chi connectivity index (χ3n) is 15.8. The van der Waals surface area contributed by atoms with Gasteiger partial charge in [-0.2, -0.15) is 19.6 Å². The van der Waals surface area contributed by atoms with E-state index < -0.39 is 28.7 Å². The van der Waals surface area contributed by atoms with Crippen molar-refractivity contribution >= 4 is 11.8 Å². The van der Waals surface area contributed by atoms with E-state index in [9.17, 15) is 9.59 Å². The van der Waals surface area contributed by atoms with Crippen LogP contribution in [0.2, 0.25) is 0 Å². The summed E-state index contributed by atoms with van der Waals surface area (Å²) in [6.45, 7) is 4.38. The smallest absolute Gasteiger partial charge is 0.220 e. The van der Waals surface area contributed by atoms with Gasteiger partial charge in [0.1, 0.15) is 0 Å². The number of hydrogen-bond donors (Lipinski definition) is 2. The summed E-state index contributed by atoms with van der Waals surface area (Å²) in [5.74, 6) is 3.59. The Labute approximate surface area is 297 Å². The van der Waals surface area contributed by atoms with Gasteiger partial charge in [0.25, 0.3) is 0 Å². The third kappa shape index (κ3) is 5.62. The summed E-state index contributed by atoms with van der Waals surface area (Å²) in [6.07, 6.45) is 20.2. The van der Waals surface area contributed by atoms with Gasteiger partial charge in [0.2, 0.25) is 35.0 Å². The lowest BCUT2D eigenvalue weighted by Crippen LogP contribution is -2.59. The second-order valence-corrected chi connectivity index (χ2v) is 19.9. The highest BCUT2D eigenvalue weighted by Gasteiger charge is 2.68. The summed E-state index contributed by atoms with van der Waals surface area (Å²) in [5, 5.41) is 6.32. The van der Waals surface area contributed by atoms with Crippen molar-refractivity contribution in [2.24, 2.45) is 59.2 Å². The summed E-state index contributed by atoms with van der Waals surface area (Å²) in [4.78, 5) is 50.8. The van der Waals surface area contributed by atoms with Crippen molar-refractivity contribution in [2.75, 3.05) is 6.54 Å². The quantitative estimate of drug-likeness (QED) is 0.279. The van der Waals surface area contributed by atoms with Crippen LogP contribution in [0.5, 0.6) is 0 Å². The molecular formula is C40H60N2O8. The van der Waals surface area contributed by atoms with E-state index in [4.69, 9.17) is 29.0 Å². The first kappa shape index (κ1) is 33.3. The molecule has 0 atom stereocenters. The monoisotopic (exact) mass is 696 g/mol. The van der Waals surface area contributed by atoms with Crippen LogP contribution in [0.4, 0.5) is 0 Å². The molecule has 0 aromatic heterocycles. The van der Waals surface area contributed by atoms with Gasteiger partial charge in [-0.3, -0.25) is 9.59 Å². The molecule has 2 amide bonds. The average molecular weight is 697 g/mol. The van der Waals surface area contributed by atoms with Crippen molar-refractivity contribution in [3.05, 3.63) is 0 Å². The molecule has 12 fully saturated rings. The van der Waals surface area contributed by atoms with E-state index in [1.54, 1.807) is 0 Å².